The van der Waals surface area contributed by atoms with Crippen molar-refractivity contribution in [3.05, 3.63) is 75.2 Å². The van der Waals surface area contributed by atoms with Crippen molar-refractivity contribution in [2.45, 2.75) is 13.8 Å². The van der Waals surface area contributed by atoms with Gasteiger partial charge >= 0.3 is 5.69 Å². The molecule has 2 aromatic carbocycles. The standard InChI is InChI=1S/C24H26FN7O2/c1-4-31(5-2)15-14-26-18-10-6-16(7-11-18)21-27-20-22(29-28-21)32(24(34)30(3)23(20)33)19-12-8-17(25)9-13-19/h6-13,26H,4-5,14-15H2,1-3H3. The maximum atomic E-state index is 13.4. The van der Waals surface area contributed by atoms with Crippen molar-refractivity contribution in [2.24, 2.45) is 7.05 Å². The molecule has 0 unspecified atom stereocenters. The molecule has 0 saturated carbocycles. The lowest BCUT2D eigenvalue weighted by molar-refractivity contribution is 0.316. The zero-order valence-corrected chi connectivity index (χ0v) is 19.3. The topological polar surface area (TPSA) is 97.9 Å². The van der Waals surface area contributed by atoms with Gasteiger partial charge in [0.2, 0.25) is 0 Å². The molecular formula is C24H26FN7O2. The van der Waals surface area contributed by atoms with E-state index >= 15 is 0 Å². The van der Waals surface area contributed by atoms with Crippen LogP contribution < -0.4 is 16.6 Å². The van der Waals surface area contributed by atoms with E-state index in [0.29, 0.717) is 11.3 Å². The molecule has 0 spiro atoms. The largest absolute Gasteiger partial charge is 0.384 e. The number of nitrogens with zero attached hydrogens (tertiary/aromatic N) is 6. The summed E-state index contributed by atoms with van der Waals surface area (Å²) in [6.07, 6.45) is 0. The van der Waals surface area contributed by atoms with Crippen molar-refractivity contribution in [1.82, 2.24) is 29.2 Å². The number of anilines is 1. The molecule has 0 radical (unpaired) electrons. The van der Waals surface area contributed by atoms with E-state index in [9.17, 15) is 14.0 Å². The van der Waals surface area contributed by atoms with Crippen LogP contribution in [0.25, 0.3) is 28.2 Å². The van der Waals surface area contributed by atoms with E-state index in [2.05, 4.69) is 39.2 Å². The molecule has 4 aromatic rings. The van der Waals surface area contributed by atoms with E-state index in [1.807, 2.05) is 24.3 Å². The summed E-state index contributed by atoms with van der Waals surface area (Å²) in [5, 5.41) is 11.7. The van der Waals surface area contributed by atoms with Crippen LogP contribution in [-0.4, -0.2) is 55.4 Å². The number of rotatable bonds is 8. The van der Waals surface area contributed by atoms with Gasteiger partial charge in [0.05, 0.1) is 5.69 Å². The van der Waals surface area contributed by atoms with Crippen molar-refractivity contribution >= 4 is 16.9 Å². The number of likely N-dealkylation sites (N-methyl/N-ethyl adjacent to an activating group) is 1. The molecular weight excluding hydrogens is 437 g/mol. The van der Waals surface area contributed by atoms with Crippen molar-refractivity contribution in [2.75, 3.05) is 31.5 Å². The molecule has 1 N–H and O–H groups in total. The molecule has 0 fully saturated rings. The summed E-state index contributed by atoms with van der Waals surface area (Å²) >= 11 is 0. The number of fused-ring (bicyclic) bond motifs is 1. The summed E-state index contributed by atoms with van der Waals surface area (Å²) in [4.78, 5) is 32.3. The molecule has 2 heterocycles. The minimum atomic E-state index is -0.618. The Bertz CT molecular complexity index is 1410. The summed E-state index contributed by atoms with van der Waals surface area (Å²) in [5.41, 5.74) is 0.820. The fraction of sp³-hybridized carbons (Fsp3) is 0.292. The number of halogens is 1. The quantitative estimate of drug-likeness (QED) is 0.429. The Morgan fingerprint density at radius 2 is 1.65 bits per heavy atom. The Kier molecular flexibility index (Phi) is 6.78. The van der Waals surface area contributed by atoms with Crippen LogP contribution in [0.2, 0.25) is 0 Å². The van der Waals surface area contributed by atoms with Crippen LogP contribution in [0.5, 0.6) is 0 Å². The molecule has 0 saturated heterocycles. The Hall–Kier alpha value is -3.92. The zero-order chi connectivity index (χ0) is 24.2. The van der Waals surface area contributed by atoms with Gasteiger partial charge in [0.25, 0.3) is 5.56 Å². The molecule has 0 bridgehead atoms. The molecule has 0 atom stereocenters. The van der Waals surface area contributed by atoms with Gasteiger partial charge in [-0.3, -0.25) is 9.36 Å². The number of aromatic nitrogens is 5. The monoisotopic (exact) mass is 463 g/mol. The maximum Gasteiger partial charge on any atom is 0.337 e. The lowest BCUT2D eigenvalue weighted by Gasteiger charge is -2.18. The van der Waals surface area contributed by atoms with Gasteiger partial charge in [-0.1, -0.05) is 13.8 Å². The van der Waals surface area contributed by atoms with E-state index in [1.54, 1.807) is 0 Å². The third-order valence-electron chi connectivity index (χ3n) is 5.75. The minimum absolute atomic E-state index is 0.00199. The SMILES string of the molecule is CCN(CC)CCNc1ccc(-c2nnc3c(n2)c(=O)n(C)c(=O)n3-c2ccc(F)cc2)cc1. The van der Waals surface area contributed by atoms with Gasteiger partial charge in [-0.2, -0.15) is 0 Å². The van der Waals surface area contributed by atoms with Gasteiger partial charge in [0, 0.05) is 31.4 Å². The fourth-order valence-electron chi connectivity index (χ4n) is 3.68. The minimum Gasteiger partial charge on any atom is -0.384 e. The highest BCUT2D eigenvalue weighted by Gasteiger charge is 2.17. The molecule has 0 aliphatic rings. The van der Waals surface area contributed by atoms with Crippen LogP contribution in [-0.2, 0) is 7.05 Å². The van der Waals surface area contributed by atoms with Crippen molar-refractivity contribution in [1.29, 1.82) is 0 Å². The number of nitrogens with one attached hydrogen (secondary N) is 1. The Morgan fingerprint density at radius 1 is 0.971 bits per heavy atom. The first-order valence-corrected chi connectivity index (χ1v) is 11.1. The number of hydrogen-bond acceptors (Lipinski definition) is 7. The first kappa shape index (κ1) is 23.2. The van der Waals surface area contributed by atoms with Gasteiger partial charge in [-0.05, 0) is 61.6 Å². The van der Waals surface area contributed by atoms with Crippen LogP contribution in [0.4, 0.5) is 10.1 Å². The van der Waals surface area contributed by atoms with E-state index in [-0.39, 0.29) is 17.0 Å². The first-order valence-electron chi connectivity index (χ1n) is 11.1. The van der Waals surface area contributed by atoms with Gasteiger partial charge in [0.15, 0.2) is 17.0 Å². The van der Waals surface area contributed by atoms with Crippen LogP contribution >= 0.6 is 0 Å². The maximum absolute atomic E-state index is 13.4. The fourth-order valence-corrected chi connectivity index (χ4v) is 3.68. The van der Waals surface area contributed by atoms with Gasteiger partial charge < -0.3 is 10.2 Å². The highest BCUT2D eigenvalue weighted by atomic mass is 19.1. The van der Waals surface area contributed by atoms with Crippen LogP contribution in [0.1, 0.15) is 13.8 Å². The first-order chi connectivity index (χ1) is 16.4. The van der Waals surface area contributed by atoms with E-state index in [4.69, 9.17) is 0 Å². The average Bonchev–Trinajstić information content (AvgIpc) is 2.87. The second-order valence-corrected chi connectivity index (χ2v) is 7.80. The number of hydrogen-bond donors (Lipinski definition) is 1. The third kappa shape index (κ3) is 4.58. The highest BCUT2D eigenvalue weighted by molar-refractivity contribution is 5.73. The molecule has 0 aliphatic heterocycles. The van der Waals surface area contributed by atoms with Gasteiger partial charge in [-0.25, -0.2) is 18.7 Å². The summed E-state index contributed by atoms with van der Waals surface area (Å²) in [5.74, 6) is -0.174. The highest BCUT2D eigenvalue weighted by Crippen LogP contribution is 2.19. The smallest absolute Gasteiger partial charge is 0.337 e. The predicted octanol–water partition coefficient (Wildman–Crippen LogP) is 2.43. The summed E-state index contributed by atoms with van der Waals surface area (Å²) in [6.45, 7) is 8.08. The second kappa shape index (κ2) is 9.92. The average molecular weight is 464 g/mol. The molecule has 9 nitrogen and oxygen atoms in total. The molecule has 0 aliphatic carbocycles. The normalized spacial score (nSPS) is 11.3. The summed E-state index contributed by atoms with van der Waals surface area (Å²) in [7, 11) is 1.37. The van der Waals surface area contributed by atoms with Crippen molar-refractivity contribution < 1.29 is 4.39 Å². The Morgan fingerprint density at radius 3 is 2.29 bits per heavy atom. The van der Waals surface area contributed by atoms with E-state index in [1.165, 1.54) is 35.9 Å². The molecule has 10 heteroatoms. The van der Waals surface area contributed by atoms with E-state index in [0.717, 1.165) is 36.4 Å². The molecule has 176 valence electrons. The third-order valence-corrected chi connectivity index (χ3v) is 5.75. The predicted molar refractivity (Wildman–Crippen MR) is 130 cm³/mol. The number of benzene rings is 2. The van der Waals surface area contributed by atoms with Crippen LogP contribution in [0.15, 0.2) is 58.1 Å². The molecule has 4 rings (SSSR count). The van der Waals surface area contributed by atoms with E-state index < -0.39 is 17.1 Å². The molecule has 0 amide bonds. The lowest BCUT2D eigenvalue weighted by atomic mass is 10.2. The second-order valence-electron chi connectivity index (χ2n) is 7.80. The lowest BCUT2D eigenvalue weighted by Crippen LogP contribution is -2.38. The summed E-state index contributed by atoms with van der Waals surface area (Å²) < 4.78 is 15.5. The Labute approximate surface area is 195 Å². The van der Waals surface area contributed by atoms with Crippen LogP contribution in [0.3, 0.4) is 0 Å². The molecule has 2 aromatic heterocycles. The van der Waals surface area contributed by atoms with Crippen molar-refractivity contribution in [3.8, 4) is 17.1 Å². The molecule has 34 heavy (non-hydrogen) atoms. The van der Waals surface area contributed by atoms with Crippen molar-refractivity contribution in [3.63, 3.8) is 0 Å². The van der Waals surface area contributed by atoms with Gasteiger partial charge in [0.1, 0.15) is 5.82 Å². The van der Waals surface area contributed by atoms with Gasteiger partial charge in [-0.15, -0.1) is 10.2 Å². The zero-order valence-electron chi connectivity index (χ0n) is 19.3. The van der Waals surface area contributed by atoms with Crippen LogP contribution in [0, 0.1) is 5.82 Å². The Balaban J connectivity index is 1.67. The summed E-state index contributed by atoms with van der Waals surface area (Å²) in [6, 6.07) is 12.9.